The Morgan fingerprint density at radius 2 is 1.79 bits per heavy atom. The quantitative estimate of drug-likeness (QED) is 0.530. The summed E-state index contributed by atoms with van der Waals surface area (Å²) in [6, 6.07) is 5.36. The van der Waals surface area contributed by atoms with Crippen molar-refractivity contribution in [3.8, 4) is 5.69 Å². The number of aryl methyl sites for hydroxylation is 2. The first kappa shape index (κ1) is 18.9. The third kappa shape index (κ3) is 2.43. The van der Waals surface area contributed by atoms with Crippen molar-refractivity contribution in [3.63, 3.8) is 0 Å². The average Bonchev–Trinajstić information content (AvgIpc) is 3.17. The van der Waals surface area contributed by atoms with Gasteiger partial charge in [0.25, 0.3) is 5.56 Å². The highest BCUT2D eigenvalue weighted by Gasteiger charge is 2.26. The number of imidazole rings is 2. The molecule has 0 fully saturated rings. The Morgan fingerprint density at radius 3 is 2.41 bits per heavy atom. The lowest BCUT2D eigenvalue weighted by Crippen LogP contribution is -2.42. The van der Waals surface area contributed by atoms with Gasteiger partial charge in [-0.05, 0) is 39.8 Å². The summed E-state index contributed by atoms with van der Waals surface area (Å²) in [5.41, 5.74) is 0.800. The van der Waals surface area contributed by atoms with Crippen LogP contribution < -0.4 is 11.2 Å². The third-order valence-corrected chi connectivity index (χ3v) is 5.54. The number of hydrogen-bond acceptors (Lipinski definition) is 4. The van der Waals surface area contributed by atoms with Crippen LogP contribution in [0.5, 0.6) is 0 Å². The van der Waals surface area contributed by atoms with E-state index in [1.54, 1.807) is 41.0 Å². The minimum Gasteiger partial charge on any atom is -0.298 e. The molecule has 0 saturated heterocycles. The summed E-state index contributed by atoms with van der Waals surface area (Å²) in [6.45, 7) is 6.44. The maximum atomic E-state index is 14.5. The van der Waals surface area contributed by atoms with E-state index in [9.17, 15) is 18.8 Å². The minimum atomic E-state index is -0.911. The molecule has 0 unspecified atom stereocenters. The van der Waals surface area contributed by atoms with Gasteiger partial charge < -0.3 is 0 Å². The maximum absolute atomic E-state index is 14.5. The molecule has 0 aliphatic carbocycles. The Morgan fingerprint density at radius 1 is 1.14 bits per heavy atom. The van der Waals surface area contributed by atoms with E-state index >= 15 is 0 Å². The Kier molecular flexibility index (Phi) is 4.07. The van der Waals surface area contributed by atoms with Gasteiger partial charge in [0.15, 0.2) is 16.9 Å². The van der Waals surface area contributed by atoms with E-state index in [1.807, 2.05) is 0 Å². The molecule has 0 bridgehead atoms. The molecule has 9 heteroatoms. The molecule has 4 rings (SSSR count). The Labute approximate surface area is 164 Å². The van der Waals surface area contributed by atoms with E-state index in [0.29, 0.717) is 22.9 Å². The fourth-order valence-corrected chi connectivity index (χ4v) is 3.66. The van der Waals surface area contributed by atoms with Gasteiger partial charge in [-0.2, -0.15) is 4.98 Å². The number of para-hydroxylation sites is 1. The van der Waals surface area contributed by atoms with Gasteiger partial charge in [0.2, 0.25) is 5.78 Å². The van der Waals surface area contributed by atoms with Gasteiger partial charge >= 0.3 is 5.69 Å². The molecule has 8 nitrogen and oxygen atoms in total. The lowest BCUT2D eigenvalue weighted by molar-refractivity contribution is -0.119. The standard InChI is InChI=1S/C20H20FN5O3/c1-10-11(2)25-16-17(22-19(25)24(10)15-9-7-6-8-14(15)21)23(5)20(29)26(18(16)28)12(3)13(4)27/h6-9,12H,1-5H3/t12-/m0/s1. The average molecular weight is 397 g/mol. The number of rotatable bonds is 3. The highest BCUT2D eigenvalue weighted by atomic mass is 19.1. The summed E-state index contributed by atoms with van der Waals surface area (Å²) < 4.78 is 19.9. The fourth-order valence-electron chi connectivity index (χ4n) is 3.66. The van der Waals surface area contributed by atoms with Crippen molar-refractivity contribution < 1.29 is 9.18 Å². The second-order valence-electron chi connectivity index (χ2n) is 7.18. The number of ketones is 1. The summed E-state index contributed by atoms with van der Waals surface area (Å²) in [6.07, 6.45) is 0. The van der Waals surface area contributed by atoms with Crippen LogP contribution in [0.25, 0.3) is 22.6 Å². The molecule has 29 heavy (non-hydrogen) atoms. The van der Waals surface area contributed by atoms with Gasteiger partial charge in [0.1, 0.15) is 5.82 Å². The highest BCUT2D eigenvalue weighted by molar-refractivity contribution is 5.81. The van der Waals surface area contributed by atoms with Gasteiger partial charge in [0.05, 0.1) is 11.7 Å². The first-order valence-electron chi connectivity index (χ1n) is 9.13. The number of carbonyl (C=O) groups is 1. The zero-order valence-electron chi connectivity index (χ0n) is 16.7. The number of Topliss-reactive ketones (excluding diaryl/α,β-unsaturated/α-hetero) is 1. The fraction of sp³-hybridized carbons (Fsp3) is 0.300. The van der Waals surface area contributed by atoms with Crippen molar-refractivity contribution in [2.75, 3.05) is 0 Å². The SMILES string of the molecule is CC(=O)[C@H](C)n1c(=O)c2c(nc3n(-c4ccccc4F)c(C)c(C)n23)n(C)c1=O. The van der Waals surface area contributed by atoms with E-state index in [1.165, 1.54) is 31.5 Å². The molecule has 150 valence electrons. The third-order valence-electron chi connectivity index (χ3n) is 5.54. The molecule has 3 heterocycles. The molecule has 0 amide bonds. The van der Waals surface area contributed by atoms with Gasteiger partial charge in [0, 0.05) is 18.4 Å². The van der Waals surface area contributed by atoms with Crippen molar-refractivity contribution in [3.05, 3.63) is 62.3 Å². The van der Waals surface area contributed by atoms with E-state index in [-0.39, 0.29) is 16.9 Å². The summed E-state index contributed by atoms with van der Waals surface area (Å²) in [4.78, 5) is 42.4. The number of aromatic nitrogens is 5. The molecule has 0 radical (unpaired) electrons. The molecule has 0 saturated carbocycles. The molecule has 0 aliphatic heterocycles. The zero-order chi connectivity index (χ0) is 21.2. The predicted octanol–water partition coefficient (Wildman–Crippen LogP) is 2.04. The monoisotopic (exact) mass is 397 g/mol. The van der Waals surface area contributed by atoms with E-state index < -0.39 is 23.1 Å². The van der Waals surface area contributed by atoms with Crippen LogP contribution >= 0.6 is 0 Å². The van der Waals surface area contributed by atoms with Crippen LogP contribution in [0.1, 0.15) is 31.3 Å². The van der Waals surface area contributed by atoms with Crippen molar-refractivity contribution >= 4 is 22.7 Å². The number of halogens is 1. The van der Waals surface area contributed by atoms with Gasteiger partial charge in [-0.1, -0.05) is 12.1 Å². The zero-order valence-corrected chi connectivity index (χ0v) is 16.7. The van der Waals surface area contributed by atoms with Crippen molar-refractivity contribution in [1.29, 1.82) is 0 Å². The van der Waals surface area contributed by atoms with E-state index in [4.69, 9.17) is 0 Å². The topological polar surface area (TPSA) is 83.3 Å². The lowest BCUT2D eigenvalue weighted by Gasteiger charge is -2.12. The van der Waals surface area contributed by atoms with Gasteiger partial charge in [-0.3, -0.25) is 23.1 Å². The van der Waals surface area contributed by atoms with E-state index in [0.717, 1.165) is 4.57 Å². The van der Waals surface area contributed by atoms with Gasteiger partial charge in [-0.15, -0.1) is 0 Å². The van der Waals surface area contributed by atoms with Crippen LogP contribution in [0.3, 0.4) is 0 Å². The van der Waals surface area contributed by atoms with Crippen molar-refractivity contribution in [1.82, 2.24) is 23.1 Å². The second-order valence-corrected chi connectivity index (χ2v) is 7.18. The Hall–Kier alpha value is -3.49. The molecule has 3 aromatic heterocycles. The molecule has 0 aliphatic rings. The number of fused-ring (bicyclic) bond motifs is 3. The van der Waals surface area contributed by atoms with Crippen LogP contribution in [0.4, 0.5) is 4.39 Å². The Bertz CT molecular complexity index is 1440. The van der Waals surface area contributed by atoms with Crippen LogP contribution in [-0.4, -0.2) is 28.9 Å². The van der Waals surface area contributed by atoms with Crippen molar-refractivity contribution in [2.24, 2.45) is 7.05 Å². The van der Waals surface area contributed by atoms with Crippen LogP contribution in [-0.2, 0) is 11.8 Å². The summed E-state index contributed by atoms with van der Waals surface area (Å²) in [7, 11) is 1.50. The molecule has 0 N–H and O–H groups in total. The summed E-state index contributed by atoms with van der Waals surface area (Å²) in [5, 5.41) is 0. The summed E-state index contributed by atoms with van der Waals surface area (Å²) in [5.74, 6) is -0.418. The molecule has 1 aromatic carbocycles. The highest BCUT2D eigenvalue weighted by Crippen LogP contribution is 2.26. The maximum Gasteiger partial charge on any atom is 0.333 e. The van der Waals surface area contributed by atoms with Crippen molar-refractivity contribution in [2.45, 2.75) is 33.7 Å². The molecular weight excluding hydrogens is 377 g/mol. The molecule has 0 spiro atoms. The molecule has 1 atom stereocenters. The summed E-state index contributed by atoms with van der Waals surface area (Å²) >= 11 is 0. The predicted molar refractivity (Wildman–Crippen MR) is 106 cm³/mol. The smallest absolute Gasteiger partial charge is 0.298 e. The number of benzene rings is 1. The number of carbonyl (C=O) groups excluding carboxylic acids is 1. The number of hydrogen-bond donors (Lipinski definition) is 0. The second kappa shape index (κ2) is 6.26. The van der Waals surface area contributed by atoms with E-state index in [2.05, 4.69) is 4.98 Å². The van der Waals surface area contributed by atoms with Crippen LogP contribution in [0.15, 0.2) is 33.9 Å². The van der Waals surface area contributed by atoms with Crippen LogP contribution in [0, 0.1) is 19.7 Å². The van der Waals surface area contributed by atoms with Crippen LogP contribution in [0.2, 0.25) is 0 Å². The van der Waals surface area contributed by atoms with Gasteiger partial charge in [-0.25, -0.2) is 13.8 Å². The number of nitrogens with zero attached hydrogens (tertiary/aromatic N) is 5. The largest absolute Gasteiger partial charge is 0.333 e. The minimum absolute atomic E-state index is 0.172. The first-order valence-corrected chi connectivity index (χ1v) is 9.13. The molecule has 4 aromatic rings. The first-order chi connectivity index (χ1) is 13.7. The normalized spacial score (nSPS) is 12.8. The molecular formula is C20H20FN5O3. The Balaban J connectivity index is 2.23. The lowest BCUT2D eigenvalue weighted by atomic mass is 10.2.